The van der Waals surface area contributed by atoms with Crippen molar-refractivity contribution < 1.29 is 9.53 Å². The number of rotatable bonds is 4. The summed E-state index contributed by atoms with van der Waals surface area (Å²) in [5, 5.41) is 6.61. The van der Waals surface area contributed by atoms with E-state index in [0.717, 1.165) is 38.4 Å². The van der Waals surface area contributed by atoms with Crippen molar-refractivity contribution in [1.82, 2.24) is 15.5 Å². The van der Waals surface area contributed by atoms with E-state index in [4.69, 9.17) is 4.74 Å². The molecular formula is C21H33IN4O2. The average Bonchev–Trinajstić information content (AvgIpc) is 3.21. The van der Waals surface area contributed by atoms with Gasteiger partial charge < -0.3 is 20.3 Å². The molecule has 1 amide bonds. The quantitative estimate of drug-likeness (QED) is 0.376. The third-order valence-electron chi connectivity index (χ3n) is 4.85. The molecule has 0 bridgehead atoms. The minimum absolute atomic E-state index is 0. The highest BCUT2D eigenvalue weighted by Crippen LogP contribution is 2.40. The van der Waals surface area contributed by atoms with E-state index in [1.54, 1.807) is 0 Å². The van der Waals surface area contributed by atoms with E-state index in [0.29, 0.717) is 12.0 Å². The monoisotopic (exact) mass is 500 g/mol. The standard InChI is InChI=1S/C21H32N4O2.HI/c1-5-22-19(24-18-13-17(18)15-9-7-6-8-10-15)25-12-11-16(14-25)23-20(26)27-21(2,3)4;/h6-10,16-18H,5,11-14H2,1-4H3,(H,22,24)(H,23,26);1H. The first kappa shape index (κ1) is 22.8. The van der Waals surface area contributed by atoms with Gasteiger partial charge in [-0.25, -0.2) is 4.79 Å². The molecule has 28 heavy (non-hydrogen) atoms. The second-order valence-electron chi connectivity index (χ2n) is 8.38. The smallest absolute Gasteiger partial charge is 0.407 e. The van der Waals surface area contributed by atoms with Crippen molar-refractivity contribution in [2.45, 2.75) is 64.1 Å². The second kappa shape index (κ2) is 9.80. The van der Waals surface area contributed by atoms with Crippen LogP contribution in [-0.4, -0.2) is 54.3 Å². The van der Waals surface area contributed by atoms with Gasteiger partial charge in [0.1, 0.15) is 5.60 Å². The fraction of sp³-hybridized carbons (Fsp3) is 0.619. The van der Waals surface area contributed by atoms with E-state index >= 15 is 0 Å². The van der Waals surface area contributed by atoms with Crippen LogP contribution >= 0.6 is 24.0 Å². The number of aliphatic imine (C=N–C) groups is 1. The third kappa shape index (κ3) is 6.53. The molecule has 2 N–H and O–H groups in total. The number of carbonyl (C=O) groups is 1. The van der Waals surface area contributed by atoms with E-state index in [1.165, 1.54) is 5.56 Å². The van der Waals surface area contributed by atoms with Crippen molar-refractivity contribution in [3.63, 3.8) is 0 Å². The maximum Gasteiger partial charge on any atom is 0.407 e. The number of halogens is 1. The molecule has 3 rings (SSSR count). The van der Waals surface area contributed by atoms with Gasteiger partial charge in [0.2, 0.25) is 0 Å². The Labute approximate surface area is 185 Å². The van der Waals surface area contributed by atoms with E-state index in [1.807, 2.05) is 20.8 Å². The first-order valence-electron chi connectivity index (χ1n) is 9.96. The fourth-order valence-corrected chi connectivity index (χ4v) is 3.52. The van der Waals surface area contributed by atoms with Crippen molar-refractivity contribution in [2.24, 2.45) is 4.99 Å². The van der Waals surface area contributed by atoms with Gasteiger partial charge in [-0.3, -0.25) is 4.99 Å². The Kier molecular flexibility index (Phi) is 7.97. The number of amides is 1. The molecule has 7 heteroatoms. The number of alkyl carbamates (subject to hydrolysis) is 1. The van der Waals surface area contributed by atoms with Gasteiger partial charge in [0.05, 0.1) is 6.04 Å². The first-order valence-corrected chi connectivity index (χ1v) is 9.96. The van der Waals surface area contributed by atoms with E-state index in [-0.39, 0.29) is 36.1 Å². The lowest BCUT2D eigenvalue weighted by Crippen LogP contribution is -2.45. The summed E-state index contributed by atoms with van der Waals surface area (Å²) in [6.07, 6.45) is 1.69. The molecule has 1 saturated heterocycles. The van der Waals surface area contributed by atoms with E-state index in [9.17, 15) is 4.79 Å². The Balaban J connectivity index is 0.00000280. The molecule has 6 nitrogen and oxygen atoms in total. The molecule has 0 spiro atoms. The number of nitrogens with one attached hydrogen (secondary N) is 2. The minimum Gasteiger partial charge on any atom is -0.444 e. The Hall–Kier alpha value is -1.51. The molecule has 1 aliphatic heterocycles. The van der Waals surface area contributed by atoms with Gasteiger partial charge in [-0.15, -0.1) is 24.0 Å². The second-order valence-corrected chi connectivity index (χ2v) is 8.38. The lowest BCUT2D eigenvalue weighted by atomic mass is 10.1. The van der Waals surface area contributed by atoms with Crippen LogP contribution in [0.2, 0.25) is 0 Å². The Bertz CT molecular complexity index is 675. The predicted octanol–water partition coefficient (Wildman–Crippen LogP) is 3.73. The van der Waals surface area contributed by atoms with E-state index in [2.05, 4.69) is 57.8 Å². The summed E-state index contributed by atoms with van der Waals surface area (Å²) in [5.74, 6) is 1.51. The molecule has 156 valence electrons. The molecule has 2 fully saturated rings. The molecule has 1 aromatic carbocycles. The van der Waals surface area contributed by atoms with Crippen LogP contribution in [0.1, 0.15) is 52.0 Å². The van der Waals surface area contributed by atoms with Crippen LogP contribution in [0.15, 0.2) is 35.3 Å². The van der Waals surface area contributed by atoms with Crippen LogP contribution in [0.3, 0.4) is 0 Å². The van der Waals surface area contributed by atoms with Gasteiger partial charge in [-0.2, -0.15) is 0 Å². The number of hydrogen-bond donors (Lipinski definition) is 2. The highest BCUT2D eigenvalue weighted by atomic mass is 127. The van der Waals surface area contributed by atoms with Crippen LogP contribution in [0, 0.1) is 0 Å². The maximum absolute atomic E-state index is 12.0. The van der Waals surface area contributed by atoms with Crippen molar-refractivity contribution in [2.75, 3.05) is 19.6 Å². The third-order valence-corrected chi connectivity index (χ3v) is 4.85. The zero-order chi connectivity index (χ0) is 19.4. The molecule has 3 unspecified atom stereocenters. The van der Waals surface area contributed by atoms with Crippen LogP contribution in [0.4, 0.5) is 4.79 Å². The molecule has 3 atom stereocenters. The summed E-state index contributed by atoms with van der Waals surface area (Å²) in [4.78, 5) is 18.9. The molecule has 0 radical (unpaired) electrons. The molecule has 1 saturated carbocycles. The van der Waals surface area contributed by atoms with Crippen molar-refractivity contribution in [1.29, 1.82) is 0 Å². The molecule has 2 aliphatic rings. The Morgan fingerprint density at radius 2 is 1.96 bits per heavy atom. The van der Waals surface area contributed by atoms with Crippen LogP contribution in [-0.2, 0) is 4.74 Å². The highest BCUT2D eigenvalue weighted by molar-refractivity contribution is 14.0. The molecule has 0 aromatic heterocycles. The molecule has 1 aliphatic carbocycles. The topological polar surface area (TPSA) is 66.0 Å². The number of carbonyl (C=O) groups excluding carboxylic acids is 1. The van der Waals surface area contributed by atoms with Gasteiger partial charge in [0.25, 0.3) is 0 Å². The van der Waals surface area contributed by atoms with Gasteiger partial charge in [0, 0.05) is 31.6 Å². The minimum atomic E-state index is -0.475. The van der Waals surface area contributed by atoms with Crippen LogP contribution in [0.25, 0.3) is 0 Å². The zero-order valence-corrected chi connectivity index (χ0v) is 19.6. The maximum atomic E-state index is 12.0. The zero-order valence-electron chi connectivity index (χ0n) is 17.3. The van der Waals surface area contributed by atoms with Gasteiger partial charge in [-0.05, 0) is 46.1 Å². The summed E-state index contributed by atoms with van der Waals surface area (Å²) >= 11 is 0. The van der Waals surface area contributed by atoms with Crippen LogP contribution < -0.4 is 10.6 Å². The number of ether oxygens (including phenoxy) is 1. The first-order chi connectivity index (χ1) is 12.9. The number of benzene rings is 1. The highest BCUT2D eigenvalue weighted by Gasteiger charge is 2.40. The van der Waals surface area contributed by atoms with Gasteiger partial charge in [-0.1, -0.05) is 30.3 Å². The van der Waals surface area contributed by atoms with Crippen molar-refractivity contribution in [3.8, 4) is 0 Å². The number of likely N-dealkylation sites (tertiary alicyclic amines) is 1. The summed E-state index contributed by atoms with van der Waals surface area (Å²) in [6, 6.07) is 11.2. The molecular weight excluding hydrogens is 467 g/mol. The SMILES string of the molecule is CCN=C(NC1CC1c1ccccc1)N1CCC(NC(=O)OC(C)(C)C)C1.I. The van der Waals surface area contributed by atoms with Crippen molar-refractivity contribution in [3.05, 3.63) is 35.9 Å². The molecule has 1 aromatic rings. The summed E-state index contributed by atoms with van der Waals surface area (Å²) < 4.78 is 5.37. The Morgan fingerprint density at radius 1 is 1.25 bits per heavy atom. The van der Waals surface area contributed by atoms with Gasteiger partial charge in [0.15, 0.2) is 5.96 Å². The predicted molar refractivity (Wildman–Crippen MR) is 123 cm³/mol. The summed E-state index contributed by atoms with van der Waals surface area (Å²) in [6.45, 7) is 10.1. The number of hydrogen-bond acceptors (Lipinski definition) is 3. The summed E-state index contributed by atoms with van der Waals surface area (Å²) in [5.41, 5.74) is 0.911. The fourth-order valence-electron chi connectivity index (χ4n) is 3.52. The van der Waals surface area contributed by atoms with Crippen molar-refractivity contribution >= 4 is 36.0 Å². The normalized spacial score (nSPS) is 24.4. The van der Waals surface area contributed by atoms with Gasteiger partial charge >= 0.3 is 6.09 Å². The van der Waals surface area contributed by atoms with E-state index < -0.39 is 5.60 Å². The Morgan fingerprint density at radius 3 is 2.61 bits per heavy atom. The number of nitrogens with zero attached hydrogens (tertiary/aromatic N) is 2. The largest absolute Gasteiger partial charge is 0.444 e. The number of guanidine groups is 1. The lowest BCUT2D eigenvalue weighted by Gasteiger charge is -2.24. The van der Waals surface area contributed by atoms with Crippen LogP contribution in [0.5, 0.6) is 0 Å². The lowest BCUT2D eigenvalue weighted by molar-refractivity contribution is 0.0507. The average molecular weight is 500 g/mol. The molecule has 1 heterocycles. The summed E-state index contributed by atoms with van der Waals surface area (Å²) in [7, 11) is 0.